The maximum Gasteiger partial charge on any atom is 0.338 e. The average molecular weight is 367 g/mol. The largest absolute Gasteiger partial charge is 0.493 e. The predicted octanol–water partition coefficient (Wildman–Crippen LogP) is 3.77. The van der Waals surface area contributed by atoms with Crippen molar-refractivity contribution in [3.05, 3.63) is 53.6 Å². The fourth-order valence-electron chi connectivity index (χ4n) is 3.92. The van der Waals surface area contributed by atoms with Crippen LogP contribution in [0, 0.1) is 0 Å². The molecule has 0 unspecified atom stereocenters. The summed E-state index contributed by atoms with van der Waals surface area (Å²) in [5.74, 6) is 0.498. The first-order chi connectivity index (χ1) is 13.3. The molecule has 0 amide bonds. The Kier molecular flexibility index (Phi) is 5.41. The fraction of sp³-hybridized carbons (Fsp3) is 0.409. The van der Waals surface area contributed by atoms with E-state index in [1.54, 1.807) is 0 Å². The van der Waals surface area contributed by atoms with Crippen LogP contribution >= 0.6 is 0 Å². The van der Waals surface area contributed by atoms with Crippen LogP contribution in [0.3, 0.4) is 0 Å². The molecule has 0 saturated carbocycles. The van der Waals surface area contributed by atoms with Gasteiger partial charge in [-0.15, -0.1) is 0 Å². The highest BCUT2D eigenvalue weighted by atomic mass is 16.5. The van der Waals surface area contributed by atoms with Crippen LogP contribution < -0.4 is 10.1 Å². The van der Waals surface area contributed by atoms with Crippen molar-refractivity contribution in [2.75, 3.05) is 26.9 Å². The molecule has 1 fully saturated rings. The van der Waals surface area contributed by atoms with Gasteiger partial charge in [-0.3, -0.25) is 0 Å². The summed E-state index contributed by atoms with van der Waals surface area (Å²) in [5, 5.41) is 5.53. The van der Waals surface area contributed by atoms with Crippen LogP contribution in [0.5, 0.6) is 5.75 Å². The molecule has 0 aliphatic carbocycles. The number of rotatable bonds is 1. The molecule has 4 bridgehead atoms. The van der Waals surface area contributed by atoms with Crippen molar-refractivity contribution < 1.29 is 19.0 Å². The normalized spacial score (nSPS) is 24.0. The van der Waals surface area contributed by atoms with Crippen molar-refractivity contribution in [2.24, 2.45) is 0 Å². The Morgan fingerprint density at radius 1 is 1.19 bits per heavy atom. The van der Waals surface area contributed by atoms with Crippen LogP contribution in [-0.2, 0) is 9.47 Å². The van der Waals surface area contributed by atoms with E-state index in [1.807, 2.05) is 30.3 Å². The van der Waals surface area contributed by atoms with Gasteiger partial charge in [0.15, 0.2) is 0 Å². The average Bonchev–Trinajstić information content (AvgIpc) is 2.71. The Hall–Kier alpha value is -2.37. The first-order valence-electron chi connectivity index (χ1n) is 9.54. The van der Waals surface area contributed by atoms with E-state index in [-0.39, 0.29) is 18.1 Å². The number of esters is 1. The molecule has 0 aromatic heterocycles. The van der Waals surface area contributed by atoms with Gasteiger partial charge in [0.05, 0.1) is 32.0 Å². The number of ether oxygens (including phenoxy) is 3. The monoisotopic (exact) mass is 367 g/mol. The number of nitrogens with one attached hydrogen (secondary N) is 1. The summed E-state index contributed by atoms with van der Waals surface area (Å²) in [7, 11) is 1.41. The van der Waals surface area contributed by atoms with Gasteiger partial charge in [-0.05, 0) is 66.4 Å². The van der Waals surface area contributed by atoms with E-state index in [9.17, 15) is 4.79 Å². The molecule has 2 aromatic rings. The molecule has 1 saturated heterocycles. The zero-order valence-corrected chi connectivity index (χ0v) is 15.6. The summed E-state index contributed by atoms with van der Waals surface area (Å²) in [6, 6.07) is 10.00. The zero-order chi connectivity index (χ0) is 18.6. The molecular formula is C22H25NO4. The maximum atomic E-state index is 12.2. The van der Waals surface area contributed by atoms with Crippen molar-refractivity contribution in [3.8, 4) is 5.75 Å². The topological polar surface area (TPSA) is 56.8 Å². The van der Waals surface area contributed by atoms with Gasteiger partial charge < -0.3 is 19.5 Å². The van der Waals surface area contributed by atoms with Gasteiger partial charge in [-0.2, -0.15) is 0 Å². The molecule has 1 N–H and O–H groups in total. The summed E-state index contributed by atoms with van der Waals surface area (Å²) in [6.07, 6.45) is 7.17. The number of carbonyl (C=O) groups is 1. The van der Waals surface area contributed by atoms with Crippen LogP contribution in [0.15, 0.2) is 42.5 Å². The maximum absolute atomic E-state index is 12.2. The van der Waals surface area contributed by atoms with Crippen molar-refractivity contribution in [1.29, 1.82) is 0 Å². The lowest BCUT2D eigenvalue weighted by Gasteiger charge is -2.31. The highest BCUT2D eigenvalue weighted by Crippen LogP contribution is 2.34. The summed E-state index contributed by atoms with van der Waals surface area (Å²) < 4.78 is 16.9. The van der Waals surface area contributed by atoms with Crippen LogP contribution in [0.4, 0.5) is 0 Å². The molecule has 2 aliphatic heterocycles. The molecule has 2 aromatic carbocycles. The third-order valence-electron chi connectivity index (χ3n) is 5.31. The summed E-state index contributed by atoms with van der Waals surface area (Å²) in [6.45, 7) is 2.16. The van der Waals surface area contributed by atoms with Crippen LogP contribution in [0.1, 0.15) is 41.2 Å². The van der Waals surface area contributed by atoms with Gasteiger partial charge in [-0.1, -0.05) is 18.2 Å². The SMILES string of the molecule is COC(=O)c1ccc2c3cc(ccc13)OCC/C=C/CO[C@H]1CCN[C@H]2C1. The molecule has 0 spiro atoms. The lowest BCUT2D eigenvalue weighted by molar-refractivity contribution is 0.0390. The van der Waals surface area contributed by atoms with E-state index in [0.29, 0.717) is 18.8 Å². The fourth-order valence-corrected chi connectivity index (χ4v) is 3.92. The highest BCUT2D eigenvalue weighted by Gasteiger charge is 2.26. The number of benzene rings is 2. The van der Waals surface area contributed by atoms with E-state index >= 15 is 0 Å². The molecule has 27 heavy (non-hydrogen) atoms. The van der Waals surface area contributed by atoms with Gasteiger partial charge in [0.25, 0.3) is 0 Å². The van der Waals surface area contributed by atoms with Gasteiger partial charge in [0, 0.05) is 6.04 Å². The van der Waals surface area contributed by atoms with Crippen molar-refractivity contribution in [2.45, 2.75) is 31.4 Å². The van der Waals surface area contributed by atoms with Crippen LogP contribution in [-0.4, -0.2) is 38.9 Å². The summed E-state index contributed by atoms with van der Waals surface area (Å²) >= 11 is 0. The van der Waals surface area contributed by atoms with Gasteiger partial charge in [-0.25, -0.2) is 4.79 Å². The number of methoxy groups -OCH3 is 1. The Morgan fingerprint density at radius 2 is 2.11 bits per heavy atom. The predicted molar refractivity (Wildman–Crippen MR) is 104 cm³/mol. The van der Waals surface area contributed by atoms with E-state index in [4.69, 9.17) is 14.2 Å². The van der Waals surface area contributed by atoms with Gasteiger partial charge in [0.1, 0.15) is 5.75 Å². The zero-order valence-electron chi connectivity index (χ0n) is 15.6. The minimum absolute atomic E-state index is 0.181. The summed E-state index contributed by atoms with van der Waals surface area (Å²) in [5.41, 5.74) is 1.75. The number of fused-ring (bicyclic) bond motifs is 4. The lowest BCUT2D eigenvalue weighted by atomic mass is 9.90. The second-order valence-corrected chi connectivity index (χ2v) is 7.00. The Morgan fingerprint density at radius 3 is 3.00 bits per heavy atom. The Bertz CT molecular complexity index is 861. The number of piperidine rings is 1. The Labute approximate surface area is 159 Å². The minimum Gasteiger partial charge on any atom is -0.493 e. The van der Waals surface area contributed by atoms with Crippen LogP contribution in [0.25, 0.3) is 10.8 Å². The standard InChI is InChI=1S/C22H25NO4/c1-25-22(24)19-8-7-18-20-13-15(5-6-17(19)20)26-11-3-2-4-12-27-16-9-10-23-21(18)14-16/h2,4-8,13,16,21,23H,3,9-12,14H2,1H3/b4-2+/t16-,21-/m0/s1. The van der Waals surface area contributed by atoms with E-state index in [0.717, 1.165) is 42.3 Å². The summed E-state index contributed by atoms with van der Waals surface area (Å²) in [4.78, 5) is 12.2. The lowest BCUT2D eigenvalue weighted by Crippen LogP contribution is -2.36. The third-order valence-corrected chi connectivity index (χ3v) is 5.31. The first kappa shape index (κ1) is 18.0. The third kappa shape index (κ3) is 3.84. The molecule has 4 rings (SSSR count). The molecule has 142 valence electrons. The first-order valence-corrected chi connectivity index (χ1v) is 9.54. The van der Waals surface area contributed by atoms with Gasteiger partial charge >= 0.3 is 5.97 Å². The van der Waals surface area contributed by atoms with E-state index in [2.05, 4.69) is 17.5 Å². The molecule has 2 heterocycles. The van der Waals surface area contributed by atoms with Gasteiger partial charge in [0.2, 0.25) is 0 Å². The molecule has 5 nitrogen and oxygen atoms in total. The molecule has 0 radical (unpaired) electrons. The minimum atomic E-state index is -0.322. The smallest absolute Gasteiger partial charge is 0.338 e. The van der Waals surface area contributed by atoms with Crippen molar-refractivity contribution in [3.63, 3.8) is 0 Å². The molecule has 2 aliphatic rings. The second-order valence-electron chi connectivity index (χ2n) is 7.00. The van der Waals surface area contributed by atoms with Crippen molar-refractivity contribution in [1.82, 2.24) is 5.32 Å². The molecule has 2 atom stereocenters. The quantitative estimate of drug-likeness (QED) is 0.614. The van der Waals surface area contributed by atoms with E-state index in [1.165, 1.54) is 12.7 Å². The molecular weight excluding hydrogens is 342 g/mol. The highest BCUT2D eigenvalue weighted by molar-refractivity contribution is 6.06. The number of hydrogen-bond acceptors (Lipinski definition) is 5. The van der Waals surface area contributed by atoms with E-state index < -0.39 is 0 Å². The number of hydrogen-bond donors (Lipinski definition) is 1. The Balaban J connectivity index is 1.82. The van der Waals surface area contributed by atoms with Crippen molar-refractivity contribution >= 4 is 16.7 Å². The molecule has 5 heteroatoms. The van der Waals surface area contributed by atoms with Crippen LogP contribution in [0.2, 0.25) is 0 Å². The number of carbonyl (C=O) groups excluding carboxylic acids is 1. The second kappa shape index (κ2) is 8.11.